The molecule has 0 atom stereocenters. The molecular weight excluding hydrogens is 486 g/mol. The lowest BCUT2D eigenvalue weighted by atomic mass is 10.1. The average Bonchev–Trinajstić information content (AvgIpc) is 3.34. The highest BCUT2D eigenvalue weighted by molar-refractivity contribution is 5.98. The summed E-state index contributed by atoms with van der Waals surface area (Å²) < 4.78 is 16.4. The molecule has 1 aliphatic heterocycles. The second-order valence-electron chi connectivity index (χ2n) is 9.20. The maximum absolute atomic E-state index is 12.6. The summed E-state index contributed by atoms with van der Waals surface area (Å²) in [7, 11) is 0. The maximum atomic E-state index is 12.6. The fourth-order valence-corrected chi connectivity index (χ4v) is 4.38. The fraction of sp³-hybridized carbons (Fsp3) is 0.276. The van der Waals surface area contributed by atoms with E-state index in [0.717, 1.165) is 16.9 Å². The molecule has 0 unspecified atom stereocenters. The van der Waals surface area contributed by atoms with Gasteiger partial charge >= 0.3 is 11.8 Å². The molecule has 0 bridgehead atoms. The lowest BCUT2D eigenvalue weighted by molar-refractivity contribution is 0.0696. The van der Waals surface area contributed by atoms with Crippen LogP contribution in [0, 0.1) is 0 Å². The van der Waals surface area contributed by atoms with E-state index >= 15 is 0 Å². The van der Waals surface area contributed by atoms with Gasteiger partial charge in [-0.2, -0.15) is 0 Å². The van der Waals surface area contributed by atoms with Gasteiger partial charge in [0, 0.05) is 44.7 Å². The lowest BCUT2D eigenvalue weighted by Crippen LogP contribution is -2.49. The zero-order chi connectivity index (χ0) is 26.3. The van der Waals surface area contributed by atoms with E-state index in [1.165, 1.54) is 0 Å². The van der Waals surface area contributed by atoms with Crippen LogP contribution in [0.3, 0.4) is 0 Å². The fourth-order valence-electron chi connectivity index (χ4n) is 4.38. The molecule has 2 heterocycles. The Morgan fingerprint density at radius 1 is 0.868 bits per heavy atom. The number of rotatable bonds is 9. The van der Waals surface area contributed by atoms with Crippen LogP contribution in [-0.2, 0) is 18.0 Å². The van der Waals surface area contributed by atoms with Crippen molar-refractivity contribution in [3.05, 3.63) is 100 Å². The maximum Gasteiger partial charge on any atom is 0.417 e. The number of amides is 1. The first-order valence-corrected chi connectivity index (χ1v) is 12.6. The van der Waals surface area contributed by atoms with E-state index in [-0.39, 0.29) is 18.5 Å². The smallest absolute Gasteiger partial charge is 0.417 e. The van der Waals surface area contributed by atoms with Gasteiger partial charge in [-0.05, 0) is 41.5 Å². The first-order chi connectivity index (χ1) is 18.5. The number of carbonyl (C=O) groups excluding carboxylic acids is 2. The number of fused-ring (bicyclic) bond motifs is 1. The molecule has 5 rings (SSSR count). The van der Waals surface area contributed by atoms with Crippen LogP contribution >= 0.6 is 0 Å². The van der Waals surface area contributed by atoms with Crippen molar-refractivity contribution in [2.24, 2.45) is 0 Å². The van der Waals surface area contributed by atoms with E-state index in [0.29, 0.717) is 62.4 Å². The molecule has 1 aliphatic rings. The van der Waals surface area contributed by atoms with Crippen molar-refractivity contribution in [3.63, 3.8) is 0 Å². The largest absolute Gasteiger partial charge is 0.489 e. The SMILES string of the molecule is O=C(CCN1CCN(C(=O)OCc2cccc(OCc3ccccc3)c2)CC1)c1ccc2[nH]c(=O)oc2c1. The van der Waals surface area contributed by atoms with Gasteiger partial charge in [0.15, 0.2) is 11.4 Å². The number of oxazole rings is 1. The first kappa shape index (κ1) is 25.3. The third-order valence-electron chi connectivity index (χ3n) is 6.54. The topological polar surface area (TPSA) is 105 Å². The molecule has 1 N–H and O–H groups in total. The molecule has 196 valence electrons. The van der Waals surface area contributed by atoms with Crippen molar-refractivity contribution in [3.8, 4) is 5.75 Å². The number of piperazine rings is 1. The molecule has 38 heavy (non-hydrogen) atoms. The van der Waals surface area contributed by atoms with Gasteiger partial charge in [0.1, 0.15) is 19.0 Å². The Bertz CT molecular complexity index is 1450. The van der Waals surface area contributed by atoms with Gasteiger partial charge in [-0.1, -0.05) is 42.5 Å². The second kappa shape index (κ2) is 11.8. The zero-order valence-corrected chi connectivity index (χ0v) is 20.9. The Morgan fingerprint density at radius 2 is 1.66 bits per heavy atom. The van der Waals surface area contributed by atoms with Crippen LogP contribution < -0.4 is 10.5 Å². The van der Waals surface area contributed by atoms with E-state index in [9.17, 15) is 14.4 Å². The van der Waals surface area contributed by atoms with Crippen LogP contribution in [0.5, 0.6) is 5.75 Å². The van der Waals surface area contributed by atoms with Crippen molar-refractivity contribution in [1.82, 2.24) is 14.8 Å². The molecule has 9 heteroatoms. The standard InChI is InChI=1S/C29H29N3O6/c33-26(23-9-10-25-27(18-23)38-28(34)30-25)11-12-31-13-15-32(16-14-31)29(35)37-20-22-7-4-8-24(17-22)36-19-21-5-2-1-3-6-21/h1-10,17-18H,11-16,19-20H2,(H,30,34). The summed E-state index contributed by atoms with van der Waals surface area (Å²) in [5.41, 5.74) is 3.40. The number of aromatic amines is 1. The number of benzene rings is 3. The third-order valence-corrected chi connectivity index (χ3v) is 6.54. The minimum atomic E-state index is -0.539. The molecule has 1 saturated heterocycles. The third kappa shape index (κ3) is 6.49. The Morgan fingerprint density at radius 3 is 2.47 bits per heavy atom. The Balaban J connectivity index is 1.03. The van der Waals surface area contributed by atoms with E-state index in [1.807, 2.05) is 54.6 Å². The van der Waals surface area contributed by atoms with Crippen LogP contribution in [0.1, 0.15) is 27.9 Å². The highest BCUT2D eigenvalue weighted by atomic mass is 16.6. The first-order valence-electron chi connectivity index (χ1n) is 12.6. The number of nitrogens with zero attached hydrogens (tertiary/aromatic N) is 2. The molecule has 1 fully saturated rings. The van der Waals surface area contributed by atoms with E-state index in [4.69, 9.17) is 13.9 Å². The Labute approximate surface area is 219 Å². The van der Waals surface area contributed by atoms with Crippen LogP contribution in [0.15, 0.2) is 82.0 Å². The average molecular weight is 516 g/mol. The van der Waals surface area contributed by atoms with Gasteiger partial charge < -0.3 is 18.8 Å². The van der Waals surface area contributed by atoms with Gasteiger partial charge in [-0.15, -0.1) is 0 Å². The summed E-state index contributed by atoms with van der Waals surface area (Å²) >= 11 is 0. The number of ketones is 1. The minimum Gasteiger partial charge on any atom is -0.489 e. The minimum absolute atomic E-state index is 0.0208. The Hall–Kier alpha value is -4.37. The summed E-state index contributed by atoms with van der Waals surface area (Å²) in [4.78, 5) is 42.9. The predicted octanol–water partition coefficient (Wildman–Crippen LogP) is 4.23. The van der Waals surface area contributed by atoms with Crippen molar-refractivity contribution >= 4 is 23.0 Å². The lowest BCUT2D eigenvalue weighted by Gasteiger charge is -2.33. The molecule has 1 amide bonds. The van der Waals surface area contributed by atoms with E-state index in [1.54, 1.807) is 23.1 Å². The van der Waals surface area contributed by atoms with E-state index in [2.05, 4.69) is 9.88 Å². The number of nitrogens with one attached hydrogen (secondary N) is 1. The molecular formula is C29H29N3O6. The molecule has 0 aliphatic carbocycles. The van der Waals surface area contributed by atoms with Gasteiger partial charge in [0.2, 0.25) is 0 Å². The number of carbonyl (C=O) groups is 2. The van der Waals surface area contributed by atoms with Gasteiger partial charge in [0.05, 0.1) is 5.52 Å². The highest BCUT2D eigenvalue weighted by Crippen LogP contribution is 2.17. The molecule has 0 saturated carbocycles. The normalized spacial score (nSPS) is 13.9. The van der Waals surface area contributed by atoms with Crippen LogP contribution in [0.4, 0.5) is 4.79 Å². The number of hydrogen-bond donors (Lipinski definition) is 1. The summed E-state index contributed by atoms with van der Waals surface area (Å²) in [5.74, 6) is 0.165. The summed E-state index contributed by atoms with van der Waals surface area (Å²) in [6.07, 6.45) is -0.00885. The van der Waals surface area contributed by atoms with Gasteiger partial charge in [-0.3, -0.25) is 14.7 Å². The molecule has 4 aromatic rings. The molecule has 0 spiro atoms. The summed E-state index contributed by atoms with van der Waals surface area (Å²) in [6, 6.07) is 22.4. The Kier molecular flexibility index (Phi) is 7.84. The number of hydrogen-bond acceptors (Lipinski definition) is 7. The summed E-state index contributed by atoms with van der Waals surface area (Å²) in [5, 5.41) is 0. The monoisotopic (exact) mass is 515 g/mol. The van der Waals surface area contributed by atoms with Crippen molar-refractivity contribution in [1.29, 1.82) is 0 Å². The highest BCUT2D eigenvalue weighted by Gasteiger charge is 2.23. The van der Waals surface area contributed by atoms with Crippen molar-refractivity contribution < 1.29 is 23.5 Å². The molecule has 3 aromatic carbocycles. The zero-order valence-electron chi connectivity index (χ0n) is 20.9. The number of ether oxygens (including phenoxy) is 2. The van der Waals surface area contributed by atoms with Crippen molar-refractivity contribution in [2.75, 3.05) is 32.7 Å². The molecule has 1 aromatic heterocycles. The number of Topliss-reactive ketones (excluding diaryl/α,β-unsaturated/α-hetero) is 1. The number of H-pyrrole nitrogens is 1. The van der Waals surface area contributed by atoms with Crippen LogP contribution in [0.25, 0.3) is 11.1 Å². The quantitative estimate of drug-likeness (QED) is 0.333. The van der Waals surface area contributed by atoms with Gasteiger partial charge in [0.25, 0.3) is 0 Å². The van der Waals surface area contributed by atoms with Gasteiger partial charge in [-0.25, -0.2) is 9.59 Å². The van der Waals surface area contributed by atoms with Crippen LogP contribution in [-0.4, -0.2) is 59.4 Å². The number of aromatic nitrogens is 1. The van der Waals surface area contributed by atoms with Crippen molar-refractivity contribution in [2.45, 2.75) is 19.6 Å². The molecule has 0 radical (unpaired) electrons. The second-order valence-corrected chi connectivity index (χ2v) is 9.20. The summed E-state index contributed by atoms with van der Waals surface area (Å²) in [6.45, 7) is 3.63. The predicted molar refractivity (Wildman–Crippen MR) is 141 cm³/mol. The molecule has 9 nitrogen and oxygen atoms in total. The van der Waals surface area contributed by atoms with E-state index < -0.39 is 5.76 Å². The van der Waals surface area contributed by atoms with Crippen LogP contribution in [0.2, 0.25) is 0 Å².